The molecule has 0 spiro atoms. The van der Waals surface area contributed by atoms with Crippen LogP contribution in [0.3, 0.4) is 0 Å². The van der Waals surface area contributed by atoms with Gasteiger partial charge >= 0.3 is 12.0 Å². The van der Waals surface area contributed by atoms with Crippen LogP contribution in [0.1, 0.15) is 6.92 Å². The van der Waals surface area contributed by atoms with Crippen LogP contribution in [-0.4, -0.2) is 53.1 Å². The van der Waals surface area contributed by atoms with E-state index in [0.717, 1.165) is 15.6 Å². The maximum Gasteiger partial charge on any atom is 0.344 e. The van der Waals surface area contributed by atoms with Crippen LogP contribution in [0.2, 0.25) is 0 Å². The van der Waals surface area contributed by atoms with Crippen molar-refractivity contribution in [1.29, 1.82) is 0 Å². The lowest BCUT2D eigenvalue weighted by Gasteiger charge is -2.18. The molecule has 30 heavy (non-hydrogen) atoms. The Bertz CT molecular complexity index is 974. The van der Waals surface area contributed by atoms with Crippen LogP contribution in [0.4, 0.5) is 10.5 Å². The molecule has 2 N–H and O–H groups in total. The van der Waals surface area contributed by atoms with Crippen molar-refractivity contribution in [2.45, 2.75) is 11.1 Å². The molecule has 162 valence electrons. The van der Waals surface area contributed by atoms with E-state index < -0.39 is 41.1 Å². The van der Waals surface area contributed by atoms with Gasteiger partial charge in [0.25, 0.3) is 15.9 Å². The van der Waals surface area contributed by atoms with Crippen molar-refractivity contribution in [3.63, 3.8) is 0 Å². The summed E-state index contributed by atoms with van der Waals surface area (Å²) in [5, 5.41) is 6.03. The van der Waals surface area contributed by atoms with Gasteiger partial charge in [-0.05, 0) is 42.6 Å². The molecule has 1 aromatic carbocycles. The van der Waals surface area contributed by atoms with Crippen molar-refractivity contribution < 1.29 is 32.3 Å². The SMILES string of the molecule is CCNC(=O)NC(=O)COC(=O)COc1ccc(N(C)S(=O)(=O)c2cccs2)cc1. The number of rotatable bonds is 9. The standard InChI is InChI=1S/C18H21N3O7S2/c1-3-19-18(24)20-15(22)11-28-16(23)12-27-14-8-6-13(7-9-14)21(2)30(25,26)17-5-4-10-29-17/h4-10H,3,11-12H2,1-2H3,(H2,19,20,22,24). The van der Waals surface area contributed by atoms with Crippen LogP contribution < -0.4 is 19.7 Å². The smallest absolute Gasteiger partial charge is 0.344 e. The Morgan fingerprint density at radius 3 is 2.40 bits per heavy atom. The minimum atomic E-state index is -3.64. The summed E-state index contributed by atoms with van der Waals surface area (Å²) in [6.45, 7) is 0.955. The van der Waals surface area contributed by atoms with Gasteiger partial charge in [0.2, 0.25) is 0 Å². The predicted molar refractivity (Wildman–Crippen MR) is 110 cm³/mol. The summed E-state index contributed by atoms with van der Waals surface area (Å²) >= 11 is 1.12. The Labute approximate surface area is 177 Å². The van der Waals surface area contributed by atoms with Gasteiger partial charge in [-0.1, -0.05) is 6.07 Å². The average molecular weight is 456 g/mol. The first kappa shape index (κ1) is 23.2. The number of carbonyl (C=O) groups is 3. The summed E-state index contributed by atoms with van der Waals surface area (Å²) in [5.41, 5.74) is 0.417. The number of nitrogens with zero attached hydrogens (tertiary/aromatic N) is 1. The highest BCUT2D eigenvalue weighted by Crippen LogP contribution is 2.26. The summed E-state index contributed by atoms with van der Waals surface area (Å²) in [7, 11) is -2.21. The van der Waals surface area contributed by atoms with E-state index in [4.69, 9.17) is 9.47 Å². The number of ether oxygens (including phenoxy) is 2. The lowest BCUT2D eigenvalue weighted by atomic mass is 10.3. The first-order valence-corrected chi connectivity index (χ1v) is 11.0. The number of sulfonamides is 1. The van der Waals surface area contributed by atoms with Gasteiger partial charge in [-0.3, -0.25) is 14.4 Å². The van der Waals surface area contributed by atoms with Crippen molar-refractivity contribution in [3.8, 4) is 5.75 Å². The molecule has 1 aromatic heterocycles. The van der Waals surface area contributed by atoms with Gasteiger partial charge in [-0.2, -0.15) is 0 Å². The maximum atomic E-state index is 12.5. The van der Waals surface area contributed by atoms with Crippen LogP contribution in [0.15, 0.2) is 46.0 Å². The molecule has 12 heteroatoms. The molecule has 2 rings (SSSR count). The number of amides is 3. The molecular weight excluding hydrogens is 434 g/mol. The molecule has 0 saturated carbocycles. The topological polar surface area (TPSA) is 131 Å². The second kappa shape index (κ2) is 10.6. The molecule has 0 atom stereocenters. The van der Waals surface area contributed by atoms with Crippen LogP contribution in [0, 0.1) is 0 Å². The molecule has 0 unspecified atom stereocenters. The van der Waals surface area contributed by atoms with Gasteiger partial charge in [0.1, 0.15) is 9.96 Å². The Morgan fingerprint density at radius 2 is 1.80 bits per heavy atom. The number of hydrogen-bond acceptors (Lipinski definition) is 8. The van der Waals surface area contributed by atoms with Gasteiger partial charge in [0.05, 0.1) is 5.69 Å². The number of nitrogens with one attached hydrogen (secondary N) is 2. The summed E-state index contributed by atoms with van der Waals surface area (Å²) in [4.78, 5) is 34.3. The van der Waals surface area contributed by atoms with Crippen molar-refractivity contribution in [1.82, 2.24) is 10.6 Å². The van der Waals surface area contributed by atoms with Gasteiger partial charge in [-0.25, -0.2) is 18.0 Å². The fourth-order valence-electron chi connectivity index (χ4n) is 2.13. The third-order valence-electron chi connectivity index (χ3n) is 3.62. The molecule has 3 amide bonds. The molecule has 0 saturated heterocycles. The zero-order valence-corrected chi connectivity index (χ0v) is 17.9. The number of thiophene rings is 1. The number of imide groups is 1. The second-order valence-electron chi connectivity index (χ2n) is 5.76. The normalized spacial score (nSPS) is 10.7. The summed E-state index contributed by atoms with van der Waals surface area (Å²) in [6, 6.07) is 8.58. The maximum absolute atomic E-state index is 12.5. The highest BCUT2D eigenvalue weighted by atomic mass is 32.2. The van der Waals surface area contributed by atoms with Crippen molar-refractivity contribution >= 4 is 45.0 Å². The number of benzene rings is 1. The summed E-state index contributed by atoms with van der Waals surface area (Å²) < 4.78 is 36.4. The van der Waals surface area contributed by atoms with Crippen molar-refractivity contribution in [3.05, 3.63) is 41.8 Å². The molecular formula is C18H21N3O7S2. The van der Waals surface area contributed by atoms with E-state index in [1.165, 1.54) is 37.4 Å². The van der Waals surface area contributed by atoms with Crippen LogP contribution in [0.25, 0.3) is 0 Å². The molecule has 0 fully saturated rings. The molecule has 0 aliphatic carbocycles. The summed E-state index contributed by atoms with van der Waals surface area (Å²) in [6.07, 6.45) is 0. The van der Waals surface area contributed by atoms with Gasteiger partial charge < -0.3 is 14.8 Å². The van der Waals surface area contributed by atoms with E-state index in [1.54, 1.807) is 18.4 Å². The highest BCUT2D eigenvalue weighted by Gasteiger charge is 2.22. The molecule has 1 heterocycles. The Kier molecular flexibility index (Phi) is 8.18. The first-order valence-electron chi connectivity index (χ1n) is 8.72. The Hall–Kier alpha value is -3.12. The fourth-order valence-corrected chi connectivity index (χ4v) is 4.49. The molecule has 0 radical (unpaired) electrons. The van der Waals surface area contributed by atoms with Crippen LogP contribution >= 0.6 is 11.3 Å². The van der Waals surface area contributed by atoms with E-state index in [0.29, 0.717) is 18.0 Å². The van der Waals surface area contributed by atoms with Gasteiger partial charge in [-0.15, -0.1) is 11.3 Å². The number of esters is 1. The van der Waals surface area contributed by atoms with Crippen LogP contribution in [0.5, 0.6) is 5.75 Å². The monoisotopic (exact) mass is 455 g/mol. The molecule has 10 nitrogen and oxygen atoms in total. The minimum Gasteiger partial charge on any atom is -0.482 e. The number of urea groups is 1. The Morgan fingerprint density at radius 1 is 1.10 bits per heavy atom. The fraction of sp³-hybridized carbons (Fsp3) is 0.278. The van der Waals surface area contributed by atoms with Crippen LogP contribution in [-0.2, 0) is 24.3 Å². The van der Waals surface area contributed by atoms with Crippen molar-refractivity contribution in [2.24, 2.45) is 0 Å². The molecule has 0 aliphatic rings. The molecule has 0 aliphatic heterocycles. The van der Waals surface area contributed by atoms with E-state index in [1.807, 2.05) is 5.32 Å². The highest BCUT2D eigenvalue weighted by molar-refractivity contribution is 7.94. The largest absolute Gasteiger partial charge is 0.482 e. The van der Waals surface area contributed by atoms with E-state index in [-0.39, 0.29) is 4.21 Å². The Balaban J connectivity index is 1.82. The molecule has 2 aromatic rings. The van der Waals surface area contributed by atoms with Gasteiger partial charge in [0, 0.05) is 13.6 Å². The van der Waals surface area contributed by atoms with Crippen molar-refractivity contribution in [2.75, 3.05) is 31.1 Å². The zero-order chi connectivity index (χ0) is 22.1. The zero-order valence-electron chi connectivity index (χ0n) is 16.3. The quantitative estimate of drug-likeness (QED) is 0.546. The number of anilines is 1. The van der Waals surface area contributed by atoms with E-state index >= 15 is 0 Å². The number of hydrogen-bond donors (Lipinski definition) is 2. The third-order valence-corrected chi connectivity index (χ3v) is 6.78. The number of carbonyl (C=O) groups excluding carboxylic acids is 3. The second-order valence-corrected chi connectivity index (χ2v) is 8.90. The predicted octanol–water partition coefficient (Wildman–Crippen LogP) is 1.34. The first-order chi connectivity index (χ1) is 14.2. The average Bonchev–Trinajstić information content (AvgIpc) is 3.26. The van der Waals surface area contributed by atoms with Gasteiger partial charge in [0.15, 0.2) is 13.2 Å². The summed E-state index contributed by atoms with van der Waals surface area (Å²) in [5.74, 6) is -1.26. The molecule has 0 bridgehead atoms. The van der Waals surface area contributed by atoms with E-state index in [9.17, 15) is 22.8 Å². The third kappa shape index (κ3) is 6.46. The lowest BCUT2D eigenvalue weighted by Crippen LogP contribution is -2.41. The van der Waals surface area contributed by atoms with E-state index in [2.05, 4.69) is 5.32 Å². The minimum absolute atomic E-state index is 0.226. The lowest BCUT2D eigenvalue weighted by molar-refractivity contribution is -0.150.